The molecule has 1 atom stereocenters. The van der Waals surface area contributed by atoms with E-state index >= 15 is 0 Å². The molecule has 0 amide bonds. The Balaban J connectivity index is 3.24. The van der Waals surface area contributed by atoms with Gasteiger partial charge in [0.1, 0.15) is 5.60 Å². The quantitative estimate of drug-likeness (QED) is 0.568. The van der Waals surface area contributed by atoms with Crippen molar-refractivity contribution in [2.45, 2.75) is 17.8 Å². The van der Waals surface area contributed by atoms with Crippen LogP contribution in [0.5, 0.6) is 0 Å². The fraction of sp³-hybridized carbons (Fsp3) is 0.500. The number of hydrogen-bond acceptors (Lipinski definition) is 4. The first-order chi connectivity index (χ1) is 7.60. The molecule has 1 aliphatic rings. The molecule has 16 heavy (non-hydrogen) atoms. The maximum absolute atomic E-state index is 10.6. The molecule has 0 bridgehead atoms. The van der Waals surface area contributed by atoms with Crippen LogP contribution in [0.1, 0.15) is 6.42 Å². The molecule has 4 heteroatoms. The Labute approximate surface area is 95.8 Å². The molecule has 0 aromatic rings. The van der Waals surface area contributed by atoms with E-state index in [1.54, 1.807) is 24.3 Å². The van der Waals surface area contributed by atoms with Crippen LogP contribution in [0.4, 0.5) is 0 Å². The van der Waals surface area contributed by atoms with Crippen LogP contribution < -0.4 is 0 Å². The van der Waals surface area contributed by atoms with Crippen LogP contribution in [0.25, 0.3) is 0 Å². The average Bonchev–Trinajstić information content (AvgIpc) is 2.29. The van der Waals surface area contributed by atoms with Crippen molar-refractivity contribution in [2.24, 2.45) is 0 Å². The van der Waals surface area contributed by atoms with E-state index in [4.69, 9.17) is 14.2 Å². The summed E-state index contributed by atoms with van der Waals surface area (Å²) in [7, 11) is 4.43. The fourth-order valence-electron chi connectivity index (χ4n) is 1.99. The van der Waals surface area contributed by atoms with Gasteiger partial charge in [-0.25, -0.2) is 0 Å². The Morgan fingerprint density at radius 1 is 1.38 bits per heavy atom. The highest BCUT2D eigenvalue weighted by atomic mass is 16.7. The molecular formula is C12H18O4. The minimum absolute atomic E-state index is 0.298. The van der Waals surface area contributed by atoms with Gasteiger partial charge < -0.3 is 19.3 Å². The summed E-state index contributed by atoms with van der Waals surface area (Å²) < 4.78 is 15.9. The van der Waals surface area contributed by atoms with Crippen LogP contribution in [0.15, 0.2) is 36.6 Å². The summed E-state index contributed by atoms with van der Waals surface area (Å²) >= 11 is 0. The molecule has 0 aromatic carbocycles. The first-order valence-electron chi connectivity index (χ1n) is 4.97. The normalized spacial score (nSPS) is 27.4. The van der Waals surface area contributed by atoms with E-state index in [9.17, 15) is 5.11 Å². The lowest BCUT2D eigenvalue weighted by atomic mass is 9.84. The van der Waals surface area contributed by atoms with Crippen LogP contribution in [0.2, 0.25) is 0 Å². The number of ether oxygens (including phenoxy) is 3. The second kappa shape index (κ2) is 4.82. The Bertz CT molecular complexity index is 315. The van der Waals surface area contributed by atoms with Gasteiger partial charge in [-0.15, -0.1) is 6.58 Å². The second-order valence-electron chi connectivity index (χ2n) is 3.54. The second-order valence-corrected chi connectivity index (χ2v) is 3.54. The minimum Gasteiger partial charge on any atom is -0.495 e. The summed E-state index contributed by atoms with van der Waals surface area (Å²) in [5.41, 5.74) is -1.32. The molecule has 1 rings (SSSR count). The third kappa shape index (κ3) is 1.69. The van der Waals surface area contributed by atoms with E-state index in [0.29, 0.717) is 12.2 Å². The van der Waals surface area contributed by atoms with Gasteiger partial charge in [0.2, 0.25) is 0 Å². The first-order valence-corrected chi connectivity index (χ1v) is 4.97. The van der Waals surface area contributed by atoms with E-state index < -0.39 is 11.4 Å². The average molecular weight is 226 g/mol. The van der Waals surface area contributed by atoms with E-state index in [0.717, 1.165) is 0 Å². The summed E-state index contributed by atoms with van der Waals surface area (Å²) in [6.45, 7) is 3.62. The molecule has 0 aliphatic heterocycles. The monoisotopic (exact) mass is 226 g/mol. The van der Waals surface area contributed by atoms with Gasteiger partial charge in [-0.1, -0.05) is 12.2 Å². The maximum Gasteiger partial charge on any atom is 0.261 e. The molecule has 1 N–H and O–H groups in total. The van der Waals surface area contributed by atoms with Crippen molar-refractivity contribution in [1.29, 1.82) is 0 Å². The molecule has 4 nitrogen and oxygen atoms in total. The van der Waals surface area contributed by atoms with Gasteiger partial charge in [0, 0.05) is 20.6 Å². The van der Waals surface area contributed by atoms with Gasteiger partial charge >= 0.3 is 0 Å². The van der Waals surface area contributed by atoms with Gasteiger partial charge in [-0.3, -0.25) is 0 Å². The Hall–Kier alpha value is -1.10. The molecular weight excluding hydrogens is 208 g/mol. The molecule has 0 heterocycles. The van der Waals surface area contributed by atoms with Crippen molar-refractivity contribution in [3.63, 3.8) is 0 Å². The molecule has 0 saturated carbocycles. The molecule has 0 saturated heterocycles. The van der Waals surface area contributed by atoms with Gasteiger partial charge in [-0.2, -0.15) is 0 Å². The van der Waals surface area contributed by atoms with Crippen LogP contribution in [-0.4, -0.2) is 37.8 Å². The summed E-state index contributed by atoms with van der Waals surface area (Å²) in [6.07, 6.45) is 6.93. The molecule has 0 spiro atoms. The van der Waals surface area contributed by atoms with Crippen LogP contribution in [0, 0.1) is 0 Å². The molecule has 0 fully saturated rings. The summed E-state index contributed by atoms with van der Waals surface area (Å²) in [5, 5.41) is 10.6. The zero-order valence-electron chi connectivity index (χ0n) is 9.90. The van der Waals surface area contributed by atoms with Crippen LogP contribution in [-0.2, 0) is 14.2 Å². The lowest BCUT2D eigenvalue weighted by Gasteiger charge is -2.44. The maximum atomic E-state index is 10.6. The van der Waals surface area contributed by atoms with Crippen LogP contribution >= 0.6 is 0 Å². The van der Waals surface area contributed by atoms with Crippen LogP contribution in [0.3, 0.4) is 0 Å². The highest BCUT2D eigenvalue weighted by Gasteiger charge is 2.55. The van der Waals surface area contributed by atoms with Gasteiger partial charge in [0.15, 0.2) is 5.76 Å². The van der Waals surface area contributed by atoms with Crippen molar-refractivity contribution >= 4 is 0 Å². The van der Waals surface area contributed by atoms with Crippen molar-refractivity contribution < 1.29 is 19.3 Å². The predicted molar refractivity (Wildman–Crippen MR) is 60.7 cm³/mol. The highest BCUT2D eigenvalue weighted by Crippen LogP contribution is 2.40. The lowest BCUT2D eigenvalue weighted by Crippen LogP contribution is -2.58. The molecule has 0 aromatic heterocycles. The topological polar surface area (TPSA) is 47.9 Å². The molecule has 0 radical (unpaired) electrons. The standard InChI is InChI=1S/C12H18O4/c1-5-8-11(13)9-6-7-10(14-2)12(11,15-3)16-4/h5-7,9,13H,1,8H2,2-4H3. The minimum atomic E-state index is -1.33. The third-order valence-electron chi connectivity index (χ3n) is 2.76. The molecule has 90 valence electrons. The van der Waals surface area contributed by atoms with E-state index in [-0.39, 0.29) is 0 Å². The predicted octanol–water partition coefficient (Wildman–Crippen LogP) is 1.38. The number of aliphatic hydroxyl groups is 1. The number of allylic oxidation sites excluding steroid dienone is 2. The van der Waals surface area contributed by atoms with E-state index in [1.165, 1.54) is 21.3 Å². The van der Waals surface area contributed by atoms with Gasteiger partial charge in [0.05, 0.1) is 7.11 Å². The van der Waals surface area contributed by atoms with E-state index in [2.05, 4.69) is 6.58 Å². The number of methoxy groups -OCH3 is 3. The Morgan fingerprint density at radius 2 is 2.00 bits per heavy atom. The SMILES string of the molecule is C=CCC1(O)C=CC=C(OC)C1(OC)OC. The highest BCUT2D eigenvalue weighted by molar-refractivity contribution is 5.32. The zero-order chi connectivity index (χ0) is 12.2. The van der Waals surface area contributed by atoms with E-state index in [1.807, 2.05) is 0 Å². The molecule has 1 aliphatic carbocycles. The zero-order valence-corrected chi connectivity index (χ0v) is 9.90. The largest absolute Gasteiger partial charge is 0.495 e. The Kier molecular flexibility index (Phi) is 3.91. The van der Waals surface area contributed by atoms with Gasteiger partial charge in [-0.05, 0) is 12.2 Å². The van der Waals surface area contributed by atoms with Gasteiger partial charge in [0.25, 0.3) is 5.79 Å². The summed E-state index contributed by atoms with van der Waals surface area (Å²) in [6, 6.07) is 0. The summed E-state index contributed by atoms with van der Waals surface area (Å²) in [4.78, 5) is 0. The van der Waals surface area contributed by atoms with Crippen molar-refractivity contribution in [3.8, 4) is 0 Å². The smallest absolute Gasteiger partial charge is 0.261 e. The number of rotatable bonds is 5. The summed E-state index contributed by atoms with van der Waals surface area (Å²) in [5.74, 6) is -0.908. The van der Waals surface area contributed by atoms with Crippen molar-refractivity contribution in [2.75, 3.05) is 21.3 Å². The molecule has 1 unspecified atom stereocenters. The lowest BCUT2D eigenvalue weighted by molar-refractivity contribution is -0.278. The van der Waals surface area contributed by atoms with Crippen molar-refractivity contribution in [3.05, 3.63) is 36.6 Å². The number of hydrogen-bond donors (Lipinski definition) is 1. The fourth-order valence-corrected chi connectivity index (χ4v) is 1.99. The third-order valence-corrected chi connectivity index (χ3v) is 2.76. The first kappa shape index (κ1) is 13.0. The Morgan fingerprint density at radius 3 is 2.44 bits per heavy atom. The van der Waals surface area contributed by atoms with Crippen molar-refractivity contribution in [1.82, 2.24) is 0 Å².